The van der Waals surface area contributed by atoms with Gasteiger partial charge in [0.25, 0.3) is 0 Å². The van der Waals surface area contributed by atoms with Crippen molar-refractivity contribution in [3.63, 3.8) is 0 Å². The normalized spacial score (nSPS) is 18.5. The summed E-state index contributed by atoms with van der Waals surface area (Å²) in [4.78, 5) is 25.8. The van der Waals surface area contributed by atoms with E-state index in [4.69, 9.17) is 25.0 Å². The Labute approximate surface area is 278 Å². The van der Waals surface area contributed by atoms with E-state index in [2.05, 4.69) is 14.9 Å². The number of amides is 1. The first kappa shape index (κ1) is 31.4. The molecule has 3 aromatic carbocycles. The Bertz CT molecular complexity index is 1870. The molecule has 12 heteroatoms. The molecule has 0 bridgehead atoms. The third kappa shape index (κ3) is 6.48. The number of carbonyl (C=O) groups excluding carboxylic acids is 1. The van der Waals surface area contributed by atoms with Gasteiger partial charge in [0.15, 0.2) is 17.1 Å². The minimum absolute atomic E-state index is 0.0771. The number of aromatic nitrogens is 4. The largest absolute Gasteiger partial charge is 0.494 e. The van der Waals surface area contributed by atoms with E-state index >= 15 is 0 Å². The summed E-state index contributed by atoms with van der Waals surface area (Å²) in [6.45, 7) is 3.27. The zero-order chi connectivity index (χ0) is 33.0. The van der Waals surface area contributed by atoms with Gasteiger partial charge >= 0.3 is 6.09 Å². The molecule has 248 valence electrons. The summed E-state index contributed by atoms with van der Waals surface area (Å²) in [6, 6.07) is 22.4. The lowest BCUT2D eigenvalue weighted by molar-refractivity contribution is 0.0492. The molecule has 2 fully saturated rings. The summed E-state index contributed by atoms with van der Waals surface area (Å²) < 4.78 is 33.1. The van der Waals surface area contributed by atoms with Crippen molar-refractivity contribution >= 4 is 22.9 Å². The van der Waals surface area contributed by atoms with Crippen molar-refractivity contribution in [2.75, 3.05) is 39.0 Å². The molecule has 2 aliphatic rings. The van der Waals surface area contributed by atoms with E-state index in [1.54, 1.807) is 30.3 Å². The molecule has 5 aromatic rings. The first-order valence-corrected chi connectivity index (χ1v) is 16.3. The van der Waals surface area contributed by atoms with E-state index in [1.165, 1.54) is 13.4 Å². The van der Waals surface area contributed by atoms with Crippen LogP contribution < -0.4 is 15.2 Å². The van der Waals surface area contributed by atoms with Gasteiger partial charge in [-0.25, -0.2) is 19.4 Å². The van der Waals surface area contributed by atoms with Gasteiger partial charge < -0.3 is 24.8 Å². The number of anilines is 1. The van der Waals surface area contributed by atoms with Gasteiger partial charge in [-0.2, -0.15) is 9.49 Å². The Morgan fingerprint density at radius 2 is 1.58 bits per heavy atom. The van der Waals surface area contributed by atoms with E-state index in [0.29, 0.717) is 47.4 Å². The second kappa shape index (κ2) is 13.9. The molecule has 2 aromatic heterocycles. The summed E-state index contributed by atoms with van der Waals surface area (Å²) in [5.74, 6) is 0.476. The number of methoxy groups -OCH3 is 1. The second-order valence-electron chi connectivity index (χ2n) is 12.2. The summed E-state index contributed by atoms with van der Waals surface area (Å²) in [7, 11) is 1.42. The molecular formula is C36H38FN7O4. The summed E-state index contributed by atoms with van der Waals surface area (Å²) in [5.41, 5.74) is 9.60. The Hall–Kier alpha value is -5.23. The topological polar surface area (TPSA) is 121 Å². The van der Waals surface area contributed by atoms with E-state index < -0.39 is 5.82 Å². The quantitative estimate of drug-likeness (QED) is 0.202. The Balaban J connectivity index is 0.991. The van der Waals surface area contributed by atoms with Crippen molar-refractivity contribution in [2.24, 2.45) is 0 Å². The molecule has 0 unspecified atom stereocenters. The molecule has 0 spiro atoms. The summed E-state index contributed by atoms with van der Waals surface area (Å²) >= 11 is 0. The highest BCUT2D eigenvalue weighted by molar-refractivity contribution is 5.98. The van der Waals surface area contributed by atoms with Gasteiger partial charge in [-0.05, 0) is 67.6 Å². The van der Waals surface area contributed by atoms with Gasteiger partial charge in [-0.15, -0.1) is 0 Å². The maximum absolute atomic E-state index is 14.6. The summed E-state index contributed by atoms with van der Waals surface area (Å²) in [5, 5.41) is 5.76. The SMILES string of the molecule is COc1cccc(Oc2ccc(-c3nn(C4CCC(N5CCN(C(=O)OCc6ccccc6)CC5)CC4)c4ncnc(N)c34)cc2)c1F. The van der Waals surface area contributed by atoms with Gasteiger partial charge in [-0.1, -0.05) is 36.4 Å². The third-order valence-electron chi connectivity index (χ3n) is 9.33. The number of ether oxygens (including phenoxy) is 3. The van der Waals surface area contributed by atoms with E-state index in [1.807, 2.05) is 52.0 Å². The molecule has 0 radical (unpaired) electrons. The highest BCUT2D eigenvalue weighted by Crippen LogP contribution is 2.38. The predicted octanol–water partition coefficient (Wildman–Crippen LogP) is 6.45. The first-order chi connectivity index (χ1) is 23.5. The van der Waals surface area contributed by atoms with Gasteiger partial charge in [0.05, 0.1) is 18.5 Å². The van der Waals surface area contributed by atoms with Crippen LogP contribution in [0.15, 0.2) is 79.1 Å². The van der Waals surface area contributed by atoms with Gasteiger partial charge in [-0.3, -0.25) is 4.90 Å². The fourth-order valence-electron chi connectivity index (χ4n) is 6.74. The minimum atomic E-state index is -0.560. The van der Waals surface area contributed by atoms with E-state index in [0.717, 1.165) is 49.9 Å². The van der Waals surface area contributed by atoms with Crippen LogP contribution in [0, 0.1) is 5.82 Å². The van der Waals surface area contributed by atoms with Crippen LogP contribution >= 0.6 is 0 Å². The minimum Gasteiger partial charge on any atom is -0.494 e. The molecule has 48 heavy (non-hydrogen) atoms. The predicted molar refractivity (Wildman–Crippen MR) is 179 cm³/mol. The molecule has 3 heterocycles. The number of nitrogen functional groups attached to an aromatic ring is 1. The second-order valence-corrected chi connectivity index (χ2v) is 12.2. The van der Waals surface area contributed by atoms with Gasteiger partial charge in [0.1, 0.15) is 30.2 Å². The van der Waals surface area contributed by atoms with Gasteiger partial charge in [0, 0.05) is 37.8 Å². The number of halogens is 1. The molecule has 1 saturated carbocycles. The van der Waals surface area contributed by atoms with E-state index in [9.17, 15) is 9.18 Å². The number of benzene rings is 3. The lowest BCUT2D eigenvalue weighted by atomic mass is 9.90. The number of piperazine rings is 1. The molecular weight excluding hydrogens is 613 g/mol. The highest BCUT2D eigenvalue weighted by Gasteiger charge is 2.32. The van der Waals surface area contributed by atoms with Gasteiger partial charge in [0.2, 0.25) is 5.82 Å². The van der Waals surface area contributed by atoms with Crippen molar-refractivity contribution in [1.82, 2.24) is 29.5 Å². The van der Waals surface area contributed by atoms with Crippen LogP contribution in [0.4, 0.5) is 15.0 Å². The molecule has 1 aliphatic carbocycles. The van der Waals surface area contributed by atoms with Crippen molar-refractivity contribution in [3.05, 3.63) is 90.5 Å². The molecule has 2 N–H and O–H groups in total. The summed E-state index contributed by atoms with van der Waals surface area (Å²) in [6.07, 6.45) is 5.17. The lowest BCUT2D eigenvalue weighted by Crippen LogP contribution is -2.52. The lowest BCUT2D eigenvalue weighted by Gasteiger charge is -2.41. The molecule has 7 rings (SSSR count). The number of fused-ring (bicyclic) bond motifs is 1. The number of nitrogens with zero attached hydrogens (tertiary/aromatic N) is 6. The van der Waals surface area contributed by atoms with Crippen molar-refractivity contribution in [1.29, 1.82) is 0 Å². The standard InChI is InChI=1S/C36H38FN7O4/c1-46-29-8-5-9-30(32(29)37)48-28-16-10-25(11-17-28)33-31-34(38)39-23-40-35(31)44(41-33)27-14-12-26(13-15-27)42-18-20-43(21-19-42)36(45)47-22-24-6-3-2-4-7-24/h2-11,16-17,23,26-27H,12-15,18-22H2,1H3,(H2,38,39,40). The van der Waals surface area contributed by atoms with Crippen LogP contribution in [0.1, 0.15) is 37.3 Å². The monoisotopic (exact) mass is 651 g/mol. The maximum atomic E-state index is 14.6. The van der Waals surface area contributed by atoms with Crippen LogP contribution in [0.3, 0.4) is 0 Å². The van der Waals surface area contributed by atoms with Crippen LogP contribution in [0.5, 0.6) is 17.2 Å². The zero-order valence-electron chi connectivity index (χ0n) is 26.8. The Morgan fingerprint density at radius 1 is 0.875 bits per heavy atom. The van der Waals surface area contributed by atoms with Crippen LogP contribution in [0.2, 0.25) is 0 Å². The van der Waals surface area contributed by atoms with Crippen LogP contribution in [-0.4, -0.2) is 75.0 Å². The third-order valence-corrected chi connectivity index (χ3v) is 9.33. The number of rotatable bonds is 8. The Kier molecular flexibility index (Phi) is 9.06. The molecule has 1 aliphatic heterocycles. The molecule has 1 saturated heterocycles. The highest BCUT2D eigenvalue weighted by atomic mass is 19.1. The number of nitrogens with two attached hydrogens (primary N) is 1. The van der Waals surface area contributed by atoms with Crippen molar-refractivity contribution in [3.8, 4) is 28.5 Å². The van der Waals surface area contributed by atoms with E-state index in [-0.39, 0.29) is 30.2 Å². The number of hydrogen-bond acceptors (Lipinski definition) is 9. The number of carbonyl (C=O) groups is 1. The number of hydrogen-bond donors (Lipinski definition) is 1. The Morgan fingerprint density at radius 3 is 2.31 bits per heavy atom. The van der Waals surface area contributed by atoms with Crippen LogP contribution in [-0.2, 0) is 11.3 Å². The zero-order valence-corrected chi connectivity index (χ0v) is 26.8. The molecule has 1 amide bonds. The average molecular weight is 652 g/mol. The smallest absolute Gasteiger partial charge is 0.410 e. The maximum Gasteiger partial charge on any atom is 0.410 e. The first-order valence-electron chi connectivity index (χ1n) is 16.3. The molecule has 0 atom stereocenters. The van der Waals surface area contributed by atoms with Crippen molar-refractivity contribution in [2.45, 2.75) is 44.4 Å². The fraction of sp³-hybridized carbons (Fsp3) is 0.333. The van der Waals surface area contributed by atoms with Crippen molar-refractivity contribution < 1.29 is 23.4 Å². The van der Waals surface area contributed by atoms with Crippen LogP contribution in [0.25, 0.3) is 22.3 Å². The fourth-order valence-corrected chi connectivity index (χ4v) is 6.74. The average Bonchev–Trinajstić information content (AvgIpc) is 3.53. The molecule has 11 nitrogen and oxygen atoms in total.